The van der Waals surface area contributed by atoms with Crippen LogP contribution in [0.25, 0.3) is 0 Å². The van der Waals surface area contributed by atoms with Gasteiger partial charge in [-0.25, -0.2) is 4.79 Å². The minimum absolute atomic E-state index is 0.0394. The number of aryl methyl sites for hydroxylation is 1. The molecule has 1 N–H and O–H groups in total. The zero-order chi connectivity index (χ0) is 23.0. The van der Waals surface area contributed by atoms with Crippen LogP contribution in [-0.4, -0.2) is 45.8 Å². The first-order valence-electron chi connectivity index (χ1n) is 10.9. The van der Waals surface area contributed by atoms with Gasteiger partial charge < -0.3 is 10.1 Å². The van der Waals surface area contributed by atoms with Crippen molar-refractivity contribution in [3.8, 4) is 0 Å². The topological polar surface area (TPSA) is 93.5 Å². The number of hydrogen-bond donors (Lipinski definition) is 1. The van der Waals surface area contributed by atoms with E-state index >= 15 is 0 Å². The van der Waals surface area contributed by atoms with Crippen molar-refractivity contribution < 1.29 is 19.1 Å². The van der Waals surface area contributed by atoms with Gasteiger partial charge in [0.25, 0.3) is 5.91 Å². The van der Waals surface area contributed by atoms with E-state index in [1.807, 2.05) is 13.0 Å². The predicted molar refractivity (Wildman–Crippen MR) is 120 cm³/mol. The fourth-order valence-corrected chi connectivity index (χ4v) is 4.60. The molecule has 32 heavy (non-hydrogen) atoms. The largest absolute Gasteiger partial charge is 0.461 e. The molecule has 1 aliphatic carbocycles. The van der Waals surface area contributed by atoms with Gasteiger partial charge in [-0.1, -0.05) is 30.5 Å². The number of rotatable bonds is 5. The van der Waals surface area contributed by atoms with Crippen molar-refractivity contribution in [2.45, 2.75) is 64.6 Å². The number of nitrogens with zero attached hydrogens (tertiary/aromatic N) is 3. The number of aromatic nitrogens is 2. The Balaban J connectivity index is 1.78. The van der Waals surface area contributed by atoms with E-state index in [1.165, 1.54) is 15.6 Å². The van der Waals surface area contributed by atoms with E-state index in [0.717, 1.165) is 31.2 Å². The lowest BCUT2D eigenvalue weighted by Crippen LogP contribution is -2.65. The van der Waals surface area contributed by atoms with Crippen molar-refractivity contribution >= 4 is 35.1 Å². The molecule has 0 saturated heterocycles. The third-order valence-corrected chi connectivity index (χ3v) is 6.64. The summed E-state index contributed by atoms with van der Waals surface area (Å²) >= 11 is 6.35. The highest BCUT2D eigenvalue weighted by atomic mass is 35.5. The Morgan fingerprint density at radius 3 is 2.66 bits per heavy atom. The Morgan fingerprint density at radius 2 is 2.00 bits per heavy atom. The molecule has 0 spiro atoms. The van der Waals surface area contributed by atoms with Gasteiger partial charge in [-0.15, -0.1) is 0 Å². The number of fused-ring (bicyclic) bond motifs is 1. The standard InChI is InChI=1S/C23H27ClN4O4/c1-4-32-21(30)18-12-19-20(29)28(16-10-9-14(2)17(24)11-16)23(3,13-27(19)26-18)22(31)25-15-7-5-6-8-15/h9-12,15H,4-8,13H2,1-3H3,(H,25,31)/t23-/m0/s1. The Hall–Kier alpha value is -2.87. The lowest BCUT2D eigenvalue weighted by atomic mass is 9.93. The summed E-state index contributed by atoms with van der Waals surface area (Å²) in [4.78, 5) is 40.9. The number of hydrogen-bond acceptors (Lipinski definition) is 5. The van der Waals surface area contributed by atoms with Crippen molar-refractivity contribution in [1.82, 2.24) is 15.1 Å². The maximum atomic E-state index is 13.7. The number of halogens is 1. The van der Waals surface area contributed by atoms with Gasteiger partial charge in [0, 0.05) is 22.8 Å². The Kier molecular flexibility index (Phi) is 5.99. The van der Waals surface area contributed by atoms with Gasteiger partial charge in [-0.3, -0.25) is 19.2 Å². The molecular formula is C23H27ClN4O4. The van der Waals surface area contributed by atoms with Crippen molar-refractivity contribution in [1.29, 1.82) is 0 Å². The van der Waals surface area contributed by atoms with E-state index in [2.05, 4.69) is 10.4 Å². The molecule has 1 atom stereocenters. The first-order chi connectivity index (χ1) is 15.2. The molecule has 1 fully saturated rings. The van der Waals surface area contributed by atoms with E-state index in [-0.39, 0.29) is 36.5 Å². The van der Waals surface area contributed by atoms with E-state index in [4.69, 9.17) is 16.3 Å². The first kappa shape index (κ1) is 22.3. The van der Waals surface area contributed by atoms with E-state index in [9.17, 15) is 14.4 Å². The van der Waals surface area contributed by atoms with Crippen LogP contribution < -0.4 is 10.2 Å². The van der Waals surface area contributed by atoms with E-state index in [1.54, 1.807) is 26.0 Å². The van der Waals surface area contributed by atoms with E-state index in [0.29, 0.717) is 10.7 Å². The van der Waals surface area contributed by atoms with Crippen LogP contribution in [0.3, 0.4) is 0 Å². The molecule has 2 aromatic rings. The molecule has 2 amide bonds. The minimum Gasteiger partial charge on any atom is -0.461 e. The number of nitrogens with one attached hydrogen (secondary N) is 1. The second-order valence-electron chi connectivity index (χ2n) is 8.60. The predicted octanol–water partition coefficient (Wildman–Crippen LogP) is 3.50. The van der Waals surface area contributed by atoms with Gasteiger partial charge in [0.2, 0.25) is 5.91 Å². The van der Waals surface area contributed by atoms with Crippen LogP contribution in [0.15, 0.2) is 24.3 Å². The van der Waals surface area contributed by atoms with Gasteiger partial charge in [-0.05, 0) is 51.3 Å². The first-order valence-corrected chi connectivity index (χ1v) is 11.3. The maximum Gasteiger partial charge on any atom is 0.358 e. The molecule has 1 aromatic heterocycles. The van der Waals surface area contributed by atoms with Crippen LogP contribution in [-0.2, 0) is 16.1 Å². The monoisotopic (exact) mass is 458 g/mol. The molecule has 0 bridgehead atoms. The smallest absolute Gasteiger partial charge is 0.358 e. The van der Waals surface area contributed by atoms with Gasteiger partial charge in [0.05, 0.1) is 13.2 Å². The van der Waals surface area contributed by atoms with E-state index < -0.39 is 17.4 Å². The molecule has 9 heteroatoms. The summed E-state index contributed by atoms with van der Waals surface area (Å²) in [7, 11) is 0. The van der Waals surface area contributed by atoms with Crippen LogP contribution in [0.2, 0.25) is 5.02 Å². The number of carbonyl (C=O) groups excluding carboxylic acids is 3. The Labute approximate surface area is 191 Å². The van der Waals surface area contributed by atoms with Crippen LogP contribution >= 0.6 is 11.6 Å². The molecule has 8 nitrogen and oxygen atoms in total. The molecule has 2 heterocycles. The summed E-state index contributed by atoms with van der Waals surface area (Å²) in [6.45, 7) is 5.59. The van der Waals surface area contributed by atoms with Crippen molar-refractivity contribution in [2.24, 2.45) is 0 Å². The van der Waals surface area contributed by atoms with Gasteiger partial charge >= 0.3 is 5.97 Å². The van der Waals surface area contributed by atoms with Crippen LogP contribution in [0.1, 0.15) is 66.1 Å². The molecule has 0 radical (unpaired) electrons. The van der Waals surface area contributed by atoms with Crippen molar-refractivity contribution in [3.05, 3.63) is 46.2 Å². The second kappa shape index (κ2) is 8.58. The highest BCUT2D eigenvalue weighted by molar-refractivity contribution is 6.31. The fraction of sp³-hybridized carbons (Fsp3) is 0.478. The zero-order valence-electron chi connectivity index (χ0n) is 18.5. The summed E-state index contributed by atoms with van der Waals surface area (Å²) in [6, 6.07) is 6.78. The van der Waals surface area contributed by atoms with Gasteiger partial charge in [0.15, 0.2) is 5.69 Å². The minimum atomic E-state index is -1.26. The van der Waals surface area contributed by atoms with Crippen molar-refractivity contribution in [3.63, 3.8) is 0 Å². The maximum absolute atomic E-state index is 13.7. The summed E-state index contributed by atoms with van der Waals surface area (Å²) < 4.78 is 6.46. The third-order valence-electron chi connectivity index (χ3n) is 6.23. The average Bonchev–Trinajstić information content (AvgIpc) is 3.40. The second-order valence-corrected chi connectivity index (χ2v) is 9.00. The van der Waals surface area contributed by atoms with Gasteiger partial charge in [0.1, 0.15) is 11.2 Å². The summed E-state index contributed by atoms with van der Waals surface area (Å²) in [5, 5.41) is 7.90. The molecular weight excluding hydrogens is 432 g/mol. The number of benzene rings is 1. The Bertz CT molecular complexity index is 1080. The average molecular weight is 459 g/mol. The van der Waals surface area contributed by atoms with Crippen molar-refractivity contribution in [2.75, 3.05) is 11.5 Å². The lowest BCUT2D eigenvalue weighted by Gasteiger charge is -2.43. The number of ether oxygens (including phenoxy) is 1. The number of anilines is 1. The quantitative estimate of drug-likeness (QED) is 0.692. The molecule has 1 aliphatic heterocycles. The normalized spacial score (nSPS) is 20.9. The molecule has 1 saturated carbocycles. The van der Waals surface area contributed by atoms with Gasteiger partial charge in [-0.2, -0.15) is 5.10 Å². The summed E-state index contributed by atoms with van der Waals surface area (Å²) in [5.74, 6) is -1.29. The SMILES string of the molecule is CCOC(=O)c1cc2n(n1)C[C@@](C)(C(=O)NC1CCCC1)N(c1ccc(C)c(Cl)c1)C2=O. The van der Waals surface area contributed by atoms with Crippen LogP contribution in [0.5, 0.6) is 0 Å². The third kappa shape index (κ3) is 3.88. The molecule has 170 valence electrons. The molecule has 0 unspecified atom stereocenters. The lowest BCUT2D eigenvalue weighted by molar-refractivity contribution is -0.127. The summed E-state index contributed by atoms with van der Waals surface area (Å²) in [5.41, 5.74) is 0.378. The molecule has 2 aliphatic rings. The number of esters is 1. The molecule has 1 aromatic carbocycles. The fourth-order valence-electron chi connectivity index (χ4n) is 4.42. The highest BCUT2D eigenvalue weighted by Gasteiger charge is 2.49. The molecule has 4 rings (SSSR count). The van der Waals surface area contributed by atoms with Crippen LogP contribution in [0, 0.1) is 6.92 Å². The number of amides is 2. The van der Waals surface area contributed by atoms with Crippen LogP contribution in [0.4, 0.5) is 5.69 Å². The number of carbonyl (C=O) groups is 3. The zero-order valence-corrected chi connectivity index (χ0v) is 19.2. The highest BCUT2D eigenvalue weighted by Crippen LogP contribution is 2.35. The Morgan fingerprint density at radius 1 is 1.28 bits per heavy atom. The summed E-state index contributed by atoms with van der Waals surface area (Å²) in [6.07, 6.45) is 3.99.